The predicted molar refractivity (Wildman–Crippen MR) is 92.8 cm³/mol. The summed E-state index contributed by atoms with van der Waals surface area (Å²) in [4.78, 5) is 12.1. The van der Waals surface area contributed by atoms with E-state index in [0.29, 0.717) is 25.6 Å². The van der Waals surface area contributed by atoms with E-state index >= 15 is 0 Å². The van der Waals surface area contributed by atoms with Crippen LogP contribution in [0.25, 0.3) is 0 Å². The molecule has 130 valence electrons. The molecule has 23 heavy (non-hydrogen) atoms. The maximum absolute atomic E-state index is 12.1. The van der Waals surface area contributed by atoms with E-state index in [1.807, 2.05) is 24.3 Å². The summed E-state index contributed by atoms with van der Waals surface area (Å²) in [5.74, 6) is 1.21. The van der Waals surface area contributed by atoms with Crippen LogP contribution in [0, 0.1) is 5.92 Å². The zero-order chi connectivity index (χ0) is 15.9. The van der Waals surface area contributed by atoms with Crippen molar-refractivity contribution in [1.29, 1.82) is 0 Å². The second-order valence-electron chi connectivity index (χ2n) is 6.09. The number of carbonyl (C=O) groups excluding carboxylic acids is 1. The van der Waals surface area contributed by atoms with Crippen molar-refractivity contribution in [2.24, 2.45) is 11.7 Å². The molecule has 0 aromatic heterocycles. The van der Waals surface area contributed by atoms with Gasteiger partial charge in [0.05, 0.1) is 12.7 Å². The lowest BCUT2D eigenvalue weighted by Crippen LogP contribution is -2.35. The fourth-order valence-electron chi connectivity index (χ4n) is 2.42. The topological polar surface area (TPSA) is 73.6 Å². The number of rotatable bonds is 7. The standard InChI is InChI=1S/C17H26N2O3.ClH/c1-12(2)11-21-15-6-4-3-5-13(15)10-19-17(20)16-8-7-14(9-18)22-16;/h3-6,12,14,16H,7-11,18H2,1-2H3,(H,19,20);1H/t14-,16+;/m1./s1. The monoisotopic (exact) mass is 342 g/mol. The number of halogens is 1. The first kappa shape index (κ1) is 19.7. The fraction of sp³-hybridized carbons (Fsp3) is 0.588. The molecule has 0 aliphatic carbocycles. The van der Waals surface area contributed by atoms with Gasteiger partial charge in [0, 0.05) is 18.7 Å². The maximum atomic E-state index is 12.1. The largest absolute Gasteiger partial charge is 0.493 e. The lowest BCUT2D eigenvalue weighted by atomic mass is 10.1. The molecule has 1 amide bonds. The Labute approximate surface area is 144 Å². The van der Waals surface area contributed by atoms with E-state index in [1.54, 1.807) is 0 Å². The quantitative estimate of drug-likeness (QED) is 0.797. The lowest BCUT2D eigenvalue weighted by Gasteiger charge is -2.15. The fourth-order valence-corrected chi connectivity index (χ4v) is 2.42. The smallest absolute Gasteiger partial charge is 0.249 e. The number of amides is 1. The Kier molecular flexibility index (Phi) is 8.37. The first-order valence-electron chi connectivity index (χ1n) is 7.94. The van der Waals surface area contributed by atoms with Crippen LogP contribution in [0.15, 0.2) is 24.3 Å². The van der Waals surface area contributed by atoms with Gasteiger partial charge in [-0.1, -0.05) is 32.0 Å². The van der Waals surface area contributed by atoms with E-state index in [-0.39, 0.29) is 30.5 Å². The molecule has 1 fully saturated rings. The molecule has 1 heterocycles. The minimum Gasteiger partial charge on any atom is -0.493 e. The number of hydrogen-bond acceptors (Lipinski definition) is 4. The average Bonchev–Trinajstić information content (AvgIpc) is 3.00. The molecule has 3 N–H and O–H groups in total. The van der Waals surface area contributed by atoms with Crippen LogP contribution in [0.2, 0.25) is 0 Å². The molecular formula is C17H27ClN2O3. The third-order valence-electron chi connectivity index (χ3n) is 3.66. The summed E-state index contributed by atoms with van der Waals surface area (Å²) in [6.45, 7) is 5.79. The van der Waals surface area contributed by atoms with Crippen molar-refractivity contribution in [3.63, 3.8) is 0 Å². The highest BCUT2D eigenvalue weighted by atomic mass is 35.5. The molecule has 0 saturated carbocycles. The highest BCUT2D eigenvalue weighted by Gasteiger charge is 2.29. The van der Waals surface area contributed by atoms with Crippen molar-refractivity contribution < 1.29 is 14.3 Å². The molecular weight excluding hydrogens is 316 g/mol. The van der Waals surface area contributed by atoms with Gasteiger partial charge in [0.15, 0.2) is 0 Å². The summed E-state index contributed by atoms with van der Waals surface area (Å²) in [5, 5.41) is 2.93. The second-order valence-corrected chi connectivity index (χ2v) is 6.09. The first-order valence-corrected chi connectivity index (χ1v) is 7.94. The number of hydrogen-bond donors (Lipinski definition) is 2. The number of benzene rings is 1. The van der Waals surface area contributed by atoms with Gasteiger partial charge in [-0.2, -0.15) is 0 Å². The van der Waals surface area contributed by atoms with E-state index in [4.69, 9.17) is 15.2 Å². The van der Waals surface area contributed by atoms with E-state index < -0.39 is 0 Å². The summed E-state index contributed by atoms with van der Waals surface area (Å²) in [5.41, 5.74) is 6.54. The minimum absolute atomic E-state index is 0. The number of carbonyl (C=O) groups is 1. The third-order valence-corrected chi connectivity index (χ3v) is 3.66. The zero-order valence-electron chi connectivity index (χ0n) is 13.8. The Morgan fingerprint density at radius 1 is 1.39 bits per heavy atom. The zero-order valence-corrected chi connectivity index (χ0v) is 14.6. The molecule has 5 nitrogen and oxygen atoms in total. The van der Waals surface area contributed by atoms with Gasteiger partial charge in [0.25, 0.3) is 0 Å². The van der Waals surface area contributed by atoms with Gasteiger partial charge in [-0.05, 0) is 24.8 Å². The Bertz CT molecular complexity index is 496. The number of para-hydroxylation sites is 1. The second kappa shape index (κ2) is 9.75. The molecule has 0 spiro atoms. The van der Waals surface area contributed by atoms with Crippen molar-refractivity contribution in [3.8, 4) is 5.75 Å². The van der Waals surface area contributed by atoms with Crippen LogP contribution in [-0.4, -0.2) is 31.3 Å². The molecule has 1 aromatic rings. The van der Waals surface area contributed by atoms with E-state index in [0.717, 1.165) is 24.2 Å². The molecule has 1 saturated heterocycles. The van der Waals surface area contributed by atoms with E-state index in [9.17, 15) is 4.79 Å². The molecule has 1 aliphatic rings. The van der Waals surface area contributed by atoms with Crippen LogP contribution < -0.4 is 15.8 Å². The van der Waals surface area contributed by atoms with Crippen LogP contribution in [0.3, 0.4) is 0 Å². The Hall–Kier alpha value is -1.30. The Balaban J connectivity index is 0.00000264. The predicted octanol–water partition coefficient (Wildman–Crippen LogP) is 2.27. The van der Waals surface area contributed by atoms with Crippen molar-refractivity contribution in [2.45, 2.75) is 45.4 Å². The summed E-state index contributed by atoms with van der Waals surface area (Å²) < 4.78 is 11.4. The minimum atomic E-state index is -0.378. The van der Waals surface area contributed by atoms with Gasteiger partial charge < -0.3 is 20.5 Å². The van der Waals surface area contributed by atoms with Crippen LogP contribution in [0.4, 0.5) is 0 Å². The highest BCUT2D eigenvalue weighted by Crippen LogP contribution is 2.21. The van der Waals surface area contributed by atoms with Gasteiger partial charge >= 0.3 is 0 Å². The molecule has 1 aromatic carbocycles. The molecule has 0 bridgehead atoms. The average molecular weight is 343 g/mol. The van der Waals surface area contributed by atoms with Crippen LogP contribution >= 0.6 is 12.4 Å². The Morgan fingerprint density at radius 2 is 2.13 bits per heavy atom. The molecule has 1 aliphatic heterocycles. The van der Waals surface area contributed by atoms with Crippen LogP contribution in [-0.2, 0) is 16.1 Å². The molecule has 2 rings (SSSR count). The van der Waals surface area contributed by atoms with Gasteiger partial charge in [0.2, 0.25) is 5.91 Å². The molecule has 2 atom stereocenters. The van der Waals surface area contributed by atoms with E-state index in [2.05, 4.69) is 19.2 Å². The SMILES string of the molecule is CC(C)COc1ccccc1CNC(=O)[C@@H]1CC[C@H](CN)O1.Cl. The van der Waals surface area contributed by atoms with Gasteiger partial charge in [-0.25, -0.2) is 0 Å². The summed E-state index contributed by atoms with van der Waals surface area (Å²) in [6.07, 6.45) is 1.22. The molecule has 6 heteroatoms. The van der Waals surface area contributed by atoms with E-state index in [1.165, 1.54) is 0 Å². The van der Waals surface area contributed by atoms with Crippen molar-refractivity contribution in [1.82, 2.24) is 5.32 Å². The summed E-state index contributed by atoms with van der Waals surface area (Å²) in [6, 6.07) is 7.78. The van der Waals surface area contributed by atoms with Crippen molar-refractivity contribution in [2.75, 3.05) is 13.2 Å². The number of nitrogens with two attached hydrogens (primary N) is 1. The summed E-state index contributed by atoms with van der Waals surface area (Å²) in [7, 11) is 0. The van der Waals surface area contributed by atoms with Gasteiger partial charge in [-0.3, -0.25) is 4.79 Å². The molecule has 0 unspecified atom stereocenters. The molecule has 0 radical (unpaired) electrons. The normalized spacial score (nSPS) is 20.2. The van der Waals surface area contributed by atoms with Crippen LogP contribution in [0.5, 0.6) is 5.75 Å². The lowest BCUT2D eigenvalue weighted by molar-refractivity contribution is -0.132. The van der Waals surface area contributed by atoms with Crippen molar-refractivity contribution >= 4 is 18.3 Å². The van der Waals surface area contributed by atoms with Crippen LogP contribution in [0.1, 0.15) is 32.3 Å². The maximum Gasteiger partial charge on any atom is 0.249 e. The summed E-state index contributed by atoms with van der Waals surface area (Å²) >= 11 is 0. The van der Waals surface area contributed by atoms with Gasteiger partial charge in [0.1, 0.15) is 11.9 Å². The third kappa shape index (κ3) is 6.01. The Morgan fingerprint density at radius 3 is 2.78 bits per heavy atom. The van der Waals surface area contributed by atoms with Crippen molar-refractivity contribution in [3.05, 3.63) is 29.8 Å². The number of nitrogens with one attached hydrogen (secondary N) is 1. The highest BCUT2D eigenvalue weighted by molar-refractivity contribution is 5.85. The number of ether oxygens (including phenoxy) is 2. The first-order chi connectivity index (χ1) is 10.6. The van der Waals surface area contributed by atoms with Gasteiger partial charge in [-0.15, -0.1) is 12.4 Å².